The smallest absolute Gasteiger partial charge is 1.00 e. The molecule has 0 bridgehead atoms. The van der Waals surface area contributed by atoms with Crippen LogP contribution in [0.4, 0.5) is 0 Å². The van der Waals surface area contributed by atoms with Crippen LogP contribution in [0.25, 0.3) is 0 Å². The van der Waals surface area contributed by atoms with Crippen LogP contribution in [0.5, 0.6) is 0 Å². The average molecular weight is 332 g/mol. The molecule has 0 radical (unpaired) electrons. The van der Waals surface area contributed by atoms with E-state index in [4.69, 9.17) is 0 Å². The zero-order valence-corrected chi connectivity index (χ0v) is 15.1. The number of allylic oxidation sites excluding steroid dienone is 6. The van der Waals surface area contributed by atoms with Gasteiger partial charge in [-0.25, -0.2) is 0 Å². The van der Waals surface area contributed by atoms with Crippen LogP contribution in [0.15, 0.2) is 33.3 Å². The molecule has 0 fully saturated rings. The molecular weight excluding hydrogens is 313 g/mol. The summed E-state index contributed by atoms with van der Waals surface area (Å²) in [5.41, 5.74) is 7.09. The Balaban J connectivity index is 0.00000162. The molecule has 4 heteroatoms. The summed E-state index contributed by atoms with van der Waals surface area (Å²) in [5, 5.41) is 0. The first-order valence-corrected chi connectivity index (χ1v) is 7.56. The molecule has 19 heavy (non-hydrogen) atoms. The van der Waals surface area contributed by atoms with E-state index >= 15 is 0 Å². The minimum Gasteiger partial charge on any atom is -1.00 e. The summed E-state index contributed by atoms with van der Waals surface area (Å²) in [6.45, 7) is 11.0. The van der Waals surface area contributed by atoms with Crippen LogP contribution in [0.3, 0.4) is 0 Å². The van der Waals surface area contributed by atoms with Crippen LogP contribution in [-0.4, -0.2) is 4.98 Å². The van der Waals surface area contributed by atoms with Crippen molar-refractivity contribution in [1.29, 1.82) is 0 Å². The van der Waals surface area contributed by atoms with E-state index in [0.29, 0.717) is 0 Å². The maximum atomic E-state index is 3.56. The summed E-state index contributed by atoms with van der Waals surface area (Å²) < 4.78 is 3.03. The summed E-state index contributed by atoms with van der Waals surface area (Å²) in [6, 6.07) is 0. The van der Waals surface area contributed by atoms with Gasteiger partial charge in [-0.3, -0.25) is 0 Å². The Hall–Kier alpha value is -0.206. The molecule has 0 aromatic carbocycles. The molecule has 0 spiro atoms. The molecule has 0 unspecified atom stereocenters. The quantitative estimate of drug-likeness (QED) is 0.574. The zero-order valence-electron chi connectivity index (χ0n) is 12.0. The third-order valence-corrected chi connectivity index (χ3v) is 5.70. The van der Waals surface area contributed by atoms with Gasteiger partial charge in [0.1, 0.15) is 0 Å². The average Bonchev–Trinajstić information content (AvgIpc) is 2.81. The van der Waals surface area contributed by atoms with E-state index in [1.54, 1.807) is 3.88 Å². The van der Waals surface area contributed by atoms with Crippen LogP contribution in [0, 0.1) is 20.8 Å². The second-order valence-electron chi connectivity index (χ2n) is 4.85. The summed E-state index contributed by atoms with van der Waals surface area (Å²) in [7, 11) is 0. The number of aromatic amines is 1. The van der Waals surface area contributed by atoms with Crippen LogP contribution in [0.1, 0.15) is 30.7 Å². The van der Waals surface area contributed by atoms with Gasteiger partial charge in [0.2, 0.25) is 0 Å². The minimum absolute atomic E-state index is 0. The fourth-order valence-corrected chi connectivity index (χ4v) is 4.48. The van der Waals surface area contributed by atoms with Crippen LogP contribution in [0.2, 0.25) is 0 Å². The van der Waals surface area contributed by atoms with E-state index in [-0.39, 0.29) is 44.0 Å². The number of halogens is 2. The monoisotopic (exact) mass is 331 g/mol. The largest absolute Gasteiger partial charge is 1.00 e. The van der Waals surface area contributed by atoms with E-state index < -0.39 is 0 Å². The van der Waals surface area contributed by atoms with Crippen molar-refractivity contribution in [3.05, 3.63) is 50.1 Å². The molecule has 1 heterocycles. The van der Waals surface area contributed by atoms with Crippen molar-refractivity contribution in [3.8, 4) is 0 Å². The van der Waals surface area contributed by atoms with Gasteiger partial charge in [-0.1, -0.05) is 0 Å². The van der Waals surface area contributed by atoms with Gasteiger partial charge >= 0.3 is 113 Å². The van der Waals surface area contributed by atoms with Crippen molar-refractivity contribution in [3.63, 3.8) is 0 Å². The molecule has 0 saturated carbocycles. The van der Waals surface area contributed by atoms with E-state index in [1.807, 2.05) is 0 Å². The molecule has 1 aliphatic carbocycles. The third-order valence-electron chi connectivity index (χ3n) is 3.43. The molecule has 1 aromatic heterocycles. The molecule has 0 saturated heterocycles. The molecule has 1 N–H and O–H groups in total. The fourth-order valence-electron chi connectivity index (χ4n) is 2.07. The maximum Gasteiger partial charge on any atom is -1.00 e. The fraction of sp³-hybridized carbons (Fsp3) is 0.333. The van der Waals surface area contributed by atoms with E-state index in [2.05, 4.69) is 57.8 Å². The molecule has 102 valence electrons. The maximum absolute atomic E-state index is 3.56. The first kappa shape index (κ1) is 18.8. The molecule has 1 nitrogen and oxygen atoms in total. The molecule has 2 rings (SSSR count). The number of rotatable bonds is 2. The van der Waals surface area contributed by atoms with Gasteiger partial charge in [0, 0.05) is 0 Å². The molecular formula is C15H19Cl2NTi. The predicted molar refractivity (Wildman–Crippen MR) is 70.2 cm³/mol. The topological polar surface area (TPSA) is 15.8 Å². The van der Waals surface area contributed by atoms with E-state index in [1.165, 1.54) is 32.0 Å². The Labute approximate surface area is 137 Å². The molecule has 0 atom stereocenters. The van der Waals surface area contributed by atoms with Gasteiger partial charge in [-0.2, -0.15) is 0 Å². The van der Waals surface area contributed by atoms with Crippen molar-refractivity contribution in [2.24, 2.45) is 0 Å². The molecule has 0 amide bonds. The second-order valence-corrected chi connectivity index (χ2v) is 6.87. The van der Waals surface area contributed by atoms with Crippen LogP contribution in [-0.2, 0) is 19.2 Å². The number of H-pyrrole nitrogens is 1. The van der Waals surface area contributed by atoms with Gasteiger partial charge in [0.15, 0.2) is 0 Å². The number of nitrogens with one attached hydrogen (secondary N) is 1. The van der Waals surface area contributed by atoms with Gasteiger partial charge in [-0.05, 0) is 0 Å². The number of hydrogen-bond donors (Lipinski definition) is 1. The number of aryl methyl sites for hydroxylation is 1. The van der Waals surface area contributed by atoms with Crippen LogP contribution < -0.4 is 28.8 Å². The van der Waals surface area contributed by atoms with Gasteiger partial charge < -0.3 is 24.8 Å². The SMILES string of the molecule is CC(C)=C1C=CC=[C]1[Ti+2][c]1[nH]c(C)c(C)c1C.[Cl-].[Cl-]. The number of hydrogen-bond acceptors (Lipinski definition) is 0. The van der Waals surface area contributed by atoms with Crippen molar-refractivity contribution in [2.45, 2.75) is 34.6 Å². The van der Waals surface area contributed by atoms with Crippen molar-refractivity contribution in [2.75, 3.05) is 0 Å². The first-order valence-electron chi connectivity index (χ1n) is 5.99. The van der Waals surface area contributed by atoms with Gasteiger partial charge in [0.25, 0.3) is 0 Å². The normalized spacial score (nSPS) is 12.5. The third kappa shape index (κ3) is 3.89. The van der Waals surface area contributed by atoms with E-state index in [9.17, 15) is 0 Å². The number of aromatic nitrogens is 1. The van der Waals surface area contributed by atoms with Gasteiger partial charge in [-0.15, -0.1) is 0 Å². The Morgan fingerprint density at radius 1 is 1.05 bits per heavy atom. The Morgan fingerprint density at radius 3 is 2.16 bits per heavy atom. The minimum atomic E-state index is -0.232. The van der Waals surface area contributed by atoms with Crippen molar-refractivity contribution < 1.29 is 44.0 Å². The molecule has 1 aliphatic rings. The summed E-state index contributed by atoms with van der Waals surface area (Å²) in [4.78, 5) is 3.56. The first-order chi connectivity index (χ1) is 8.00. The zero-order chi connectivity index (χ0) is 12.6. The molecule has 0 aliphatic heterocycles. The Morgan fingerprint density at radius 2 is 1.68 bits per heavy atom. The van der Waals surface area contributed by atoms with Gasteiger partial charge in [0.05, 0.1) is 0 Å². The second kappa shape index (κ2) is 7.54. The van der Waals surface area contributed by atoms with Crippen molar-refractivity contribution in [1.82, 2.24) is 4.98 Å². The van der Waals surface area contributed by atoms with E-state index in [0.717, 1.165) is 0 Å². The van der Waals surface area contributed by atoms with Crippen molar-refractivity contribution >= 4 is 4.00 Å². The Kier molecular flexibility index (Phi) is 7.46. The summed E-state index contributed by atoms with van der Waals surface area (Å²) >= 11 is -0.232. The Bertz CT molecular complexity index is 547. The predicted octanol–water partition coefficient (Wildman–Crippen LogP) is -2.55. The van der Waals surface area contributed by atoms with Crippen LogP contribution >= 0.6 is 0 Å². The summed E-state index contributed by atoms with van der Waals surface area (Å²) in [6.07, 6.45) is 6.71. The standard InChI is InChI=1S/C8H9.C7H10N.2ClH.Ti/c1-7(2)8-5-3-4-6-8;1-5-4-8-7(3)6(5)2;;;/h3-5H,1-2H3;8H,1-3H3;2*1H;/q;;;;+2/p-2. The summed E-state index contributed by atoms with van der Waals surface area (Å²) in [5.74, 6) is 0. The molecule has 1 aromatic rings.